The smallest absolute Gasteiger partial charge is 0.267 e. The van der Waals surface area contributed by atoms with Gasteiger partial charge in [0, 0.05) is 25.8 Å². The zero-order chi connectivity index (χ0) is 22.7. The highest BCUT2D eigenvalue weighted by Gasteiger charge is 2.20. The number of nitrogens with zero attached hydrogens (tertiary/aromatic N) is 1. The number of halogens is 3. The lowest BCUT2D eigenvalue weighted by molar-refractivity contribution is 0.0343. The summed E-state index contributed by atoms with van der Waals surface area (Å²) in [6, 6.07) is 2.50. The average Bonchev–Trinajstić information content (AvgIpc) is 2.62. The SMILES string of the molecule is COC(C)(C)CNc1ncc(Oc2cc(F)c(C(=O)NS(C)(=O)=O)cc2F)cc1Cl. The Morgan fingerprint density at radius 1 is 1.23 bits per heavy atom. The van der Waals surface area contributed by atoms with Gasteiger partial charge in [0.25, 0.3) is 5.91 Å². The van der Waals surface area contributed by atoms with E-state index < -0.39 is 44.5 Å². The molecule has 0 bridgehead atoms. The van der Waals surface area contributed by atoms with E-state index in [1.165, 1.54) is 12.3 Å². The van der Waals surface area contributed by atoms with E-state index in [2.05, 4.69) is 10.3 Å². The van der Waals surface area contributed by atoms with Crippen LogP contribution in [0.15, 0.2) is 24.4 Å². The second-order valence-corrected chi connectivity index (χ2v) is 9.04. The van der Waals surface area contributed by atoms with Crippen molar-refractivity contribution < 1.29 is 31.5 Å². The van der Waals surface area contributed by atoms with Crippen LogP contribution in [0.3, 0.4) is 0 Å². The summed E-state index contributed by atoms with van der Waals surface area (Å²) in [7, 11) is -2.37. The van der Waals surface area contributed by atoms with Crippen molar-refractivity contribution in [3.63, 3.8) is 0 Å². The highest BCUT2D eigenvalue weighted by atomic mass is 35.5. The highest BCUT2D eigenvalue weighted by Crippen LogP contribution is 2.30. The second kappa shape index (κ2) is 9.11. The normalized spacial score (nSPS) is 11.8. The van der Waals surface area contributed by atoms with Crippen LogP contribution in [0.25, 0.3) is 0 Å². The summed E-state index contributed by atoms with van der Waals surface area (Å²) in [5.74, 6) is -3.75. The van der Waals surface area contributed by atoms with Gasteiger partial charge in [-0.15, -0.1) is 0 Å². The fraction of sp³-hybridized carbons (Fsp3) is 0.333. The van der Waals surface area contributed by atoms with Gasteiger partial charge in [-0.3, -0.25) is 4.79 Å². The lowest BCUT2D eigenvalue weighted by Crippen LogP contribution is -2.32. The summed E-state index contributed by atoms with van der Waals surface area (Å²) in [4.78, 5) is 15.8. The standard InChI is InChI=1S/C18H20ClF2N3O5S/c1-18(2,28-3)9-23-16-12(19)5-10(8-22-16)29-15-7-13(20)11(6-14(15)21)17(25)24-30(4,26)27/h5-8H,9H2,1-4H3,(H,22,23)(H,24,25). The van der Waals surface area contributed by atoms with E-state index in [4.69, 9.17) is 21.1 Å². The van der Waals surface area contributed by atoms with Crippen LogP contribution in [0, 0.1) is 11.6 Å². The zero-order valence-corrected chi connectivity index (χ0v) is 18.1. The third-order valence-electron chi connectivity index (χ3n) is 3.82. The van der Waals surface area contributed by atoms with E-state index in [0.29, 0.717) is 30.8 Å². The number of pyridine rings is 1. The molecule has 0 saturated heterocycles. The first kappa shape index (κ1) is 23.8. The van der Waals surface area contributed by atoms with Crippen molar-refractivity contribution >= 4 is 33.3 Å². The molecule has 0 aliphatic rings. The molecule has 2 rings (SSSR count). The van der Waals surface area contributed by atoms with E-state index in [1.807, 2.05) is 13.8 Å². The van der Waals surface area contributed by atoms with E-state index >= 15 is 0 Å². The Morgan fingerprint density at radius 3 is 2.47 bits per heavy atom. The lowest BCUT2D eigenvalue weighted by Gasteiger charge is -2.23. The van der Waals surface area contributed by atoms with Gasteiger partial charge in [0.2, 0.25) is 10.0 Å². The molecule has 0 saturated carbocycles. The molecule has 0 unspecified atom stereocenters. The van der Waals surface area contributed by atoms with Crippen LogP contribution < -0.4 is 14.8 Å². The van der Waals surface area contributed by atoms with Gasteiger partial charge in [-0.25, -0.2) is 26.9 Å². The number of sulfonamides is 1. The molecule has 12 heteroatoms. The number of rotatable bonds is 8. The number of methoxy groups -OCH3 is 1. The second-order valence-electron chi connectivity index (χ2n) is 6.89. The third kappa shape index (κ3) is 6.51. The molecule has 2 aromatic rings. The Balaban J connectivity index is 2.19. The van der Waals surface area contributed by atoms with Crippen LogP contribution >= 0.6 is 11.6 Å². The largest absolute Gasteiger partial charge is 0.452 e. The summed E-state index contributed by atoms with van der Waals surface area (Å²) >= 11 is 6.14. The Labute approximate surface area is 177 Å². The van der Waals surface area contributed by atoms with Crippen molar-refractivity contribution in [2.24, 2.45) is 0 Å². The Hall–Kier alpha value is -2.50. The molecule has 1 aromatic heterocycles. The number of hydrogen-bond donors (Lipinski definition) is 2. The first-order valence-corrected chi connectivity index (χ1v) is 10.7. The van der Waals surface area contributed by atoms with Crippen LogP contribution in [0.2, 0.25) is 5.02 Å². The number of carbonyl (C=O) groups excluding carboxylic acids is 1. The molecular formula is C18H20ClF2N3O5S. The quantitative estimate of drug-likeness (QED) is 0.618. The van der Waals surface area contributed by atoms with Gasteiger partial charge in [0.05, 0.1) is 28.6 Å². The van der Waals surface area contributed by atoms with Crippen molar-refractivity contribution in [3.8, 4) is 11.5 Å². The molecule has 1 heterocycles. The third-order valence-corrected chi connectivity index (χ3v) is 4.67. The molecule has 0 spiro atoms. The van der Waals surface area contributed by atoms with Crippen molar-refractivity contribution in [1.29, 1.82) is 0 Å². The zero-order valence-electron chi connectivity index (χ0n) is 16.5. The number of benzene rings is 1. The maximum absolute atomic E-state index is 14.3. The van der Waals surface area contributed by atoms with E-state index in [1.54, 1.807) is 11.8 Å². The van der Waals surface area contributed by atoms with Crippen LogP contribution in [0.4, 0.5) is 14.6 Å². The van der Waals surface area contributed by atoms with Crippen molar-refractivity contribution in [2.75, 3.05) is 25.2 Å². The lowest BCUT2D eigenvalue weighted by atomic mass is 10.1. The van der Waals surface area contributed by atoms with Crippen molar-refractivity contribution in [2.45, 2.75) is 19.4 Å². The van der Waals surface area contributed by atoms with Gasteiger partial charge >= 0.3 is 0 Å². The number of nitrogens with one attached hydrogen (secondary N) is 2. The monoisotopic (exact) mass is 463 g/mol. The molecule has 0 aliphatic carbocycles. The van der Waals surface area contributed by atoms with Crippen molar-refractivity contribution in [3.05, 3.63) is 46.6 Å². The van der Waals surface area contributed by atoms with E-state index in [-0.39, 0.29) is 10.8 Å². The van der Waals surface area contributed by atoms with Gasteiger partial charge in [0.1, 0.15) is 17.4 Å². The number of amides is 1. The average molecular weight is 464 g/mol. The predicted molar refractivity (Wildman–Crippen MR) is 108 cm³/mol. The maximum atomic E-state index is 14.3. The molecule has 1 amide bonds. The van der Waals surface area contributed by atoms with Crippen LogP contribution in [0.5, 0.6) is 11.5 Å². The van der Waals surface area contributed by atoms with Crippen molar-refractivity contribution in [1.82, 2.24) is 9.71 Å². The van der Waals surface area contributed by atoms with Gasteiger partial charge in [-0.05, 0) is 19.9 Å². The Kier molecular flexibility index (Phi) is 7.22. The van der Waals surface area contributed by atoms with Crippen LogP contribution in [-0.2, 0) is 14.8 Å². The maximum Gasteiger partial charge on any atom is 0.267 e. The molecular weight excluding hydrogens is 444 g/mol. The molecule has 0 radical (unpaired) electrons. The minimum Gasteiger partial charge on any atom is -0.452 e. The minimum absolute atomic E-state index is 0.0168. The molecule has 30 heavy (non-hydrogen) atoms. The molecule has 0 aliphatic heterocycles. The summed E-state index contributed by atoms with van der Waals surface area (Å²) in [5, 5.41) is 3.17. The first-order valence-electron chi connectivity index (χ1n) is 8.45. The number of carbonyl (C=O) groups is 1. The highest BCUT2D eigenvalue weighted by molar-refractivity contribution is 7.89. The molecule has 0 atom stereocenters. The van der Waals surface area contributed by atoms with Gasteiger partial charge < -0.3 is 14.8 Å². The summed E-state index contributed by atoms with van der Waals surface area (Å²) in [6.07, 6.45) is 1.96. The van der Waals surface area contributed by atoms with Crippen LogP contribution in [0.1, 0.15) is 24.2 Å². The molecule has 8 nitrogen and oxygen atoms in total. The molecule has 164 valence electrons. The summed E-state index contributed by atoms with van der Waals surface area (Å²) < 4.78 is 62.7. The molecule has 1 aromatic carbocycles. The number of anilines is 1. The summed E-state index contributed by atoms with van der Waals surface area (Å²) in [6.45, 7) is 4.14. The van der Waals surface area contributed by atoms with E-state index in [0.717, 1.165) is 0 Å². The Morgan fingerprint density at radius 2 is 1.90 bits per heavy atom. The topological polar surface area (TPSA) is 107 Å². The first-order chi connectivity index (χ1) is 13.8. The fourth-order valence-corrected chi connectivity index (χ4v) is 2.78. The van der Waals surface area contributed by atoms with Gasteiger partial charge in [-0.1, -0.05) is 11.6 Å². The van der Waals surface area contributed by atoms with Crippen LogP contribution in [-0.4, -0.2) is 44.8 Å². The number of hydrogen-bond acceptors (Lipinski definition) is 7. The molecule has 0 fully saturated rings. The predicted octanol–water partition coefficient (Wildman–Crippen LogP) is 3.33. The van der Waals surface area contributed by atoms with Gasteiger partial charge in [0.15, 0.2) is 11.6 Å². The number of ether oxygens (including phenoxy) is 2. The van der Waals surface area contributed by atoms with E-state index in [9.17, 15) is 22.0 Å². The Bertz CT molecular complexity index is 1060. The summed E-state index contributed by atoms with van der Waals surface area (Å²) in [5.41, 5.74) is -1.26. The number of aromatic nitrogens is 1. The minimum atomic E-state index is -3.94. The molecule has 2 N–H and O–H groups in total. The van der Waals surface area contributed by atoms with Gasteiger partial charge in [-0.2, -0.15) is 0 Å². The fourth-order valence-electron chi connectivity index (χ4n) is 2.11.